The topological polar surface area (TPSA) is 83.4 Å². The summed E-state index contributed by atoms with van der Waals surface area (Å²) in [6.07, 6.45) is 3.33. The zero-order valence-corrected chi connectivity index (χ0v) is 20.0. The highest BCUT2D eigenvalue weighted by Crippen LogP contribution is 2.28. The van der Waals surface area contributed by atoms with Crippen LogP contribution in [0.5, 0.6) is 0 Å². The van der Waals surface area contributed by atoms with Crippen LogP contribution in [0.15, 0.2) is 53.7 Å². The van der Waals surface area contributed by atoms with Gasteiger partial charge in [0, 0.05) is 36.0 Å². The van der Waals surface area contributed by atoms with E-state index < -0.39 is 5.97 Å². The van der Waals surface area contributed by atoms with Crippen LogP contribution < -0.4 is 4.90 Å². The van der Waals surface area contributed by atoms with E-state index in [9.17, 15) is 9.59 Å². The number of aliphatic carboxylic acids is 1. The smallest absolute Gasteiger partial charge is 0.307 e. The molecule has 1 unspecified atom stereocenters. The average Bonchev–Trinajstić information content (AvgIpc) is 2.79. The van der Waals surface area contributed by atoms with Crippen LogP contribution in [0.3, 0.4) is 0 Å². The summed E-state index contributed by atoms with van der Waals surface area (Å²) >= 11 is 13.4. The Hall–Kier alpha value is -2.61. The molecular weight excluding hydrogens is 469 g/mol. The van der Waals surface area contributed by atoms with Gasteiger partial charge in [0.15, 0.2) is 0 Å². The highest BCUT2D eigenvalue weighted by atomic mass is 35.5. The van der Waals surface area contributed by atoms with E-state index in [2.05, 4.69) is 9.97 Å². The number of carboxylic acid groups (broad SMARTS) is 1. The summed E-state index contributed by atoms with van der Waals surface area (Å²) in [5.74, 6) is -0.618. The van der Waals surface area contributed by atoms with Gasteiger partial charge in [0.2, 0.25) is 0 Å². The van der Waals surface area contributed by atoms with E-state index in [1.807, 2.05) is 37.4 Å². The number of benzene rings is 2. The maximum absolute atomic E-state index is 12.8. The van der Waals surface area contributed by atoms with Gasteiger partial charge in [-0.3, -0.25) is 9.59 Å². The maximum atomic E-state index is 12.8. The second kappa shape index (κ2) is 10.3. The molecule has 32 heavy (non-hydrogen) atoms. The van der Waals surface area contributed by atoms with E-state index in [-0.39, 0.29) is 18.2 Å². The molecule has 0 saturated heterocycles. The zero-order valence-electron chi connectivity index (χ0n) is 17.7. The zero-order chi connectivity index (χ0) is 23.4. The Morgan fingerprint density at radius 3 is 2.41 bits per heavy atom. The number of carboxylic acids is 1. The third kappa shape index (κ3) is 5.41. The lowest BCUT2D eigenvalue weighted by atomic mass is 9.99. The third-order valence-corrected chi connectivity index (χ3v) is 6.50. The molecule has 3 rings (SSSR count). The van der Waals surface area contributed by atoms with Crippen molar-refractivity contribution in [2.75, 3.05) is 18.2 Å². The number of amides is 1. The van der Waals surface area contributed by atoms with E-state index in [0.29, 0.717) is 32.0 Å². The van der Waals surface area contributed by atoms with Gasteiger partial charge in [-0.05, 0) is 42.2 Å². The van der Waals surface area contributed by atoms with E-state index in [0.717, 1.165) is 11.3 Å². The molecule has 2 aromatic carbocycles. The van der Waals surface area contributed by atoms with Gasteiger partial charge < -0.3 is 10.0 Å². The Balaban J connectivity index is 1.79. The summed E-state index contributed by atoms with van der Waals surface area (Å²) < 4.78 is 0. The van der Waals surface area contributed by atoms with Crippen molar-refractivity contribution >= 4 is 52.5 Å². The van der Waals surface area contributed by atoms with E-state index in [1.54, 1.807) is 31.4 Å². The van der Waals surface area contributed by atoms with Gasteiger partial charge >= 0.3 is 5.97 Å². The number of carbonyl (C=O) groups is 2. The van der Waals surface area contributed by atoms with Crippen molar-refractivity contribution in [1.82, 2.24) is 9.97 Å². The Labute approximate surface area is 200 Å². The second-order valence-electron chi connectivity index (χ2n) is 7.14. The molecule has 1 atom stereocenters. The molecule has 0 aliphatic heterocycles. The van der Waals surface area contributed by atoms with Crippen LogP contribution >= 0.6 is 35.0 Å². The lowest BCUT2D eigenvalue weighted by molar-refractivity contribution is -0.136. The Morgan fingerprint density at radius 2 is 1.81 bits per heavy atom. The third-order valence-electron chi connectivity index (χ3n) is 5.02. The number of carbonyl (C=O) groups excluding carboxylic acids is 1. The first-order valence-electron chi connectivity index (χ1n) is 9.66. The standard InChI is InChI=1S/C23H21Cl2N3O3S/c1-13(21-26-12-16(11-20(29)30)22(27-21)32-3)14-4-7-17(8-5-14)28(2)23(31)15-6-9-18(24)19(25)10-15/h4-10,12-13H,11H2,1-3H3,(H,29,30). The number of rotatable bonds is 7. The molecule has 6 nitrogen and oxygen atoms in total. The van der Waals surface area contributed by atoms with Crippen molar-refractivity contribution in [2.24, 2.45) is 0 Å². The molecule has 9 heteroatoms. The van der Waals surface area contributed by atoms with Crippen LogP contribution in [0, 0.1) is 0 Å². The Kier molecular flexibility index (Phi) is 7.77. The molecule has 0 saturated carbocycles. The molecular formula is C23H21Cl2N3O3S. The molecule has 1 N–H and O–H groups in total. The second-order valence-corrected chi connectivity index (χ2v) is 8.75. The monoisotopic (exact) mass is 489 g/mol. The van der Waals surface area contributed by atoms with E-state index in [4.69, 9.17) is 28.3 Å². The fourth-order valence-electron chi connectivity index (χ4n) is 3.15. The predicted octanol–water partition coefficient (Wildman–Crippen LogP) is 5.56. The van der Waals surface area contributed by atoms with Crippen LogP contribution in [0.25, 0.3) is 0 Å². The van der Waals surface area contributed by atoms with Crippen molar-refractivity contribution in [1.29, 1.82) is 0 Å². The Morgan fingerprint density at radius 1 is 1.12 bits per heavy atom. The highest BCUT2D eigenvalue weighted by Gasteiger charge is 2.18. The summed E-state index contributed by atoms with van der Waals surface area (Å²) in [6, 6.07) is 12.3. The summed E-state index contributed by atoms with van der Waals surface area (Å²) in [5.41, 5.74) is 2.74. The van der Waals surface area contributed by atoms with Gasteiger partial charge in [0.1, 0.15) is 10.9 Å². The quantitative estimate of drug-likeness (QED) is 0.345. The molecule has 3 aromatic rings. The lowest BCUT2D eigenvalue weighted by Crippen LogP contribution is -2.26. The molecule has 0 spiro atoms. The van der Waals surface area contributed by atoms with E-state index in [1.165, 1.54) is 16.7 Å². The van der Waals surface area contributed by atoms with Crippen LogP contribution in [-0.2, 0) is 11.2 Å². The van der Waals surface area contributed by atoms with Crippen LogP contribution in [0.2, 0.25) is 10.0 Å². The fraction of sp³-hybridized carbons (Fsp3) is 0.217. The molecule has 0 bridgehead atoms. The van der Waals surface area contributed by atoms with Crippen molar-refractivity contribution in [3.63, 3.8) is 0 Å². The van der Waals surface area contributed by atoms with Crippen molar-refractivity contribution < 1.29 is 14.7 Å². The summed E-state index contributed by atoms with van der Waals surface area (Å²) in [4.78, 5) is 34.3. The minimum absolute atomic E-state index is 0.107. The van der Waals surface area contributed by atoms with Crippen LogP contribution in [0.1, 0.15) is 40.2 Å². The maximum Gasteiger partial charge on any atom is 0.307 e. The SMILES string of the molecule is CSc1nc(C(C)c2ccc(N(C)C(=O)c3ccc(Cl)c(Cl)c3)cc2)ncc1CC(=O)O. The molecule has 0 aliphatic carbocycles. The number of thioether (sulfide) groups is 1. The summed E-state index contributed by atoms with van der Waals surface area (Å²) in [6.45, 7) is 1.98. The predicted molar refractivity (Wildman–Crippen MR) is 128 cm³/mol. The number of hydrogen-bond donors (Lipinski definition) is 1. The lowest BCUT2D eigenvalue weighted by Gasteiger charge is -2.19. The number of halogens is 2. The first kappa shape index (κ1) is 24.0. The number of aromatic nitrogens is 2. The minimum atomic E-state index is -0.917. The normalized spacial score (nSPS) is 11.8. The molecule has 1 aromatic heterocycles. The molecule has 0 aliphatic rings. The van der Waals surface area contributed by atoms with Crippen LogP contribution in [-0.4, -0.2) is 40.3 Å². The van der Waals surface area contributed by atoms with Crippen molar-refractivity contribution in [2.45, 2.75) is 24.3 Å². The number of hydrogen-bond acceptors (Lipinski definition) is 5. The van der Waals surface area contributed by atoms with Gasteiger partial charge in [-0.15, -0.1) is 11.8 Å². The fourth-order valence-corrected chi connectivity index (χ4v) is 4.02. The summed E-state index contributed by atoms with van der Waals surface area (Å²) in [7, 11) is 1.69. The van der Waals surface area contributed by atoms with Crippen LogP contribution in [0.4, 0.5) is 5.69 Å². The van der Waals surface area contributed by atoms with Gasteiger partial charge in [0.05, 0.1) is 16.5 Å². The van der Waals surface area contributed by atoms with Crippen molar-refractivity contribution in [3.05, 3.63) is 81.2 Å². The molecule has 0 radical (unpaired) electrons. The Bertz CT molecular complexity index is 1160. The van der Waals surface area contributed by atoms with Crippen molar-refractivity contribution in [3.8, 4) is 0 Å². The average molecular weight is 490 g/mol. The first-order chi connectivity index (χ1) is 15.2. The van der Waals surface area contributed by atoms with E-state index >= 15 is 0 Å². The van der Waals surface area contributed by atoms with Gasteiger partial charge in [-0.1, -0.05) is 42.3 Å². The highest BCUT2D eigenvalue weighted by molar-refractivity contribution is 7.98. The minimum Gasteiger partial charge on any atom is -0.481 e. The number of anilines is 1. The molecule has 1 heterocycles. The molecule has 1 amide bonds. The van der Waals surface area contributed by atoms with Gasteiger partial charge in [0.25, 0.3) is 5.91 Å². The largest absolute Gasteiger partial charge is 0.481 e. The first-order valence-corrected chi connectivity index (χ1v) is 11.6. The molecule has 0 fully saturated rings. The summed E-state index contributed by atoms with van der Waals surface area (Å²) in [5, 5.41) is 10.4. The molecule has 166 valence electrons. The van der Waals surface area contributed by atoms with Gasteiger partial charge in [-0.25, -0.2) is 9.97 Å². The van der Waals surface area contributed by atoms with Gasteiger partial charge in [-0.2, -0.15) is 0 Å². The number of nitrogens with zero attached hydrogens (tertiary/aromatic N) is 3.